The van der Waals surface area contributed by atoms with Crippen LogP contribution in [0.5, 0.6) is 0 Å². The summed E-state index contributed by atoms with van der Waals surface area (Å²) in [4.78, 5) is 2.56. The first-order valence-corrected chi connectivity index (χ1v) is 6.17. The van der Waals surface area contributed by atoms with Crippen LogP contribution in [0.3, 0.4) is 0 Å². The molecule has 0 aromatic rings. The topological polar surface area (TPSA) is 24.5 Å². The van der Waals surface area contributed by atoms with E-state index in [0.29, 0.717) is 6.04 Å². The smallest absolute Gasteiger partial charge is 0.0753 e. The first-order chi connectivity index (χ1) is 7.09. The first-order valence-electron chi connectivity index (χ1n) is 6.17. The Balaban J connectivity index is 2.44. The van der Waals surface area contributed by atoms with E-state index >= 15 is 0 Å². The normalized spacial score (nSPS) is 24.0. The predicted molar refractivity (Wildman–Crippen MR) is 64.2 cm³/mol. The lowest BCUT2D eigenvalue weighted by molar-refractivity contribution is -0.0970. The van der Waals surface area contributed by atoms with Crippen molar-refractivity contribution in [3.05, 3.63) is 0 Å². The van der Waals surface area contributed by atoms with Crippen molar-refractivity contribution in [1.82, 2.24) is 10.2 Å². The van der Waals surface area contributed by atoms with Gasteiger partial charge in [-0.15, -0.1) is 0 Å². The molecule has 15 heavy (non-hydrogen) atoms. The Morgan fingerprint density at radius 3 is 2.67 bits per heavy atom. The van der Waals surface area contributed by atoms with Crippen LogP contribution in [0.4, 0.5) is 0 Å². The quantitative estimate of drug-likeness (QED) is 0.750. The highest BCUT2D eigenvalue weighted by atomic mass is 16.5. The molecule has 1 unspecified atom stereocenters. The summed E-state index contributed by atoms with van der Waals surface area (Å²) in [7, 11) is 0. The Morgan fingerprint density at radius 2 is 2.13 bits per heavy atom. The van der Waals surface area contributed by atoms with E-state index in [1.165, 1.54) is 6.42 Å². The average molecular weight is 214 g/mol. The number of nitrogens with one attached hydrogen (secondary N) is 1. The standard InChI is InChI=1S/C12H26N2O/c1-5-11(9-13-6-2)14-7-8-15-12(3,4)10-14/h11,13H,5-10H2,1-4H3. The van der Waals surface area contributed by atoms with Crippen LogP contribution >= 0.6 is 0 Å². The van der Waals surface area contributed by atoms with E-state index in [-0.39, 0.29) is 5.60 Å². The largest absolute Gasteiger partial charge is 0.373 e. The zero-order valence-electron chi connectivity index (χ0n) is 10.7. The van der Waals surface area contributed by atoms with Crippen molar-refractivity contribution in [2.45, 2.75) is 45.8 Å². The lowest BCUT2D eigenvalue weighted by Gasteiger charge is -2.42. The minimum Gasteiger partial charge on any atom is -0.373 e. The van der Waals surface area contributed by atoms with Crippen molar-refractivity contribution in [3.8, 4) is 0 Å². The summed E-state index contributed by atoms with van der Waals surface area (Å²) in [5.41, 5.74) is 0.0257. The SMILES string of the molecule is CCNCC(CC)N1CCOC(C)(C)C1. The molecular weight excluding hydrogens is 188 g/mol. The fraction of sp³-hybridized carbons (Fsp3) is 1.00. The Kier molecular flexibility index (Phi) is 5.03. The molecule has 3 heteroatoms. The number of morpholine rings is 1. The van der Waals surface area contributed by atoms with Gasteiger partial charge in [0, 0.05) is 25.7 Å². The molecule has 90 valence electrons. The van der Waals surface area contributed by atoms with Gasteiger partial charge in [0.15, 0.2) is 0 Å². The summed E-state index contributed by atoms with van der Waals surface area (Å²) in [6.45, 7) is 14.0. The van der Waals surface area contributed by atoms with Gasteiger partial charge < -0.3 is 10.1 Å². The van der Waals surface area contributed by atoms with Gasteiger partial charge in [0.1, 0.15) is 0 Å². The monoisotopic (exact) mass is 214 g/mol. The number of rotatable bonds is 5. The molecule has 1 fully saturated rings. The van der Waals surface area contributed by atoms with E-state index in [9.17, 15) is 0 Å². The molecule has 1 heterocycles. The van der Waals surface area contributed by atoms with E-state index in [1.54, 1.807) is 0 Å². The van der Waals surface area contributed by atoms with E-state index in [4.69, 9.17) is 4.74 Å². The highest BCUT2D eigenvalue weighted by Gasteiger charge is 2.30. The molecule has 0 bridgehead atoms. The minimum atomic E-state index is 0.0257. The Labute approximate surface area is 94.2 Å². The summed E-state index contributed by atoms with van der Waals surface area (Å²) < 4.78 is 5.73. The van der Waals surface area contributed by atoms with E-state index < -0.39 is 0 Å². The lowest BCUT2D eigenvalue weighted by atomic mass is 10.0. The number of ether oxygens (including phenoxy) is 1. The maximum absolute atomic E-state index is 5.73. The molecule has 0 saturated carbocycles. The number of nitrogens with zero attached hydrogens (tertiary/aromatic N) is 1. The second-order valence-corrected chi connectivity index (χ2v) is 4.95. The van der Waals surface area contributed by atoms with Crippen LogP contribution in [-0.2, 0) is 4.74 Å². The summed E-state index contributed by atoms with van der Waals surface area (Å²) >= 11 is 0. The molecule has 0 aromatic carbocycles. The highest BCUT2D eigenvalue weighted by Crippen LogP contribution is 2.19. The molecule has 1 N–H and O–H groups in total. The molecule has 1 saturated heterocycles. The molecule has 0 aliphatic carbocycles. The van der Waals surface area contributed by atoms with Gasteiger partial charge in [-0.3, -0.25) is 4.90 Å². The van der Waals surface area contributed by atoms with Gasteiger partial charge in [0.05, 0.1) is 12.2 Å². The zero-order chi connectivity index (χ0) is 11.3. The van der Waals surface area contributed by atoms with Gasteiger partial charge >= 0.3 is 0 Å². The van der Waals surface area contributed by atoms with Crippen molar-refractivity contribution in [3.63, 3.8) is 0 Å². The molecule has 1 aliphatic rings. The first kappa shape index (κ1) is 12.9. The van der Waals surface area contributed by atoms with Gasteiger partial charge in [-0.2, -0.15) is 0 Å². The molecule has 3 nitrogen and oxygen atoms in total. The number of likely N-dealkylation sites (N-methyl/N-ethyl adjacent to an activating group) is 1. The van der Waals surface area contributed by atoms with Gasteiger partial charge in [-0.1, -0.05) is 13.8 Å². The minimum absolute atomic E-state index is 0.0257. The van der Waals surface area contributed by atoms with Gasteiger partial charge in [-0.25, -0.2) is 0 Å². The van der Waals surface area contributed by atoms with Gasteiger partial charge in [0.2, 0.25) is 0 Å². The van der Waals surface area contributed by atoms with Crippen LogP contribution in [0.1, 0.15) is 34.1 Å². The molecule has 1 aliphatic heterocycles. The molecule has 1 rings (SSSR count). The van der Waals surface area contributed by atoms with E-state index in [2.05, 4.69) is 37.9 Å². The fourth-order valence-corrected chi connectivity index (χ4v) is 2.21. The second-order valence-electron chi connectivity index (χ2n) is 4.95. The molecule has 0 aromatic heterocycles. The summed E-state index contributed by atoms with van der Waals surface area (Å²) in [5.74, 6) is 0. The average Bonchev–Trinajstić information content (AvgIpc) is 2.17. The summed E-state index contributed by atoms with van der Waals surface area (Å²) in [5, 5.41) is 3.44. The maximum atomic E-state index is 5.73. The maximum Gasteiger partial charge on any atom is 0.0753 e. The third-order valence-corrected chi connectivity index (χ3v) is 3.07. The molecule has 0 radical (unpaired) electrons. The molecule has 0 spiro atoms. The van der Waals surface area contributed by atoms with Crippen molar-refractivity contribution >= 4 is 0 Å². The fourth-order valence-electron chi connectivity index (χ4n) is 2.21. The Bertz CT molecular complexity index is 182. The van der Waals surface area contributed by atoms with Crippen LogP contribution in [0.25, 0.3) is 0 Å². The van der Waals surface area contributed by atoms with Crippen molar-refractivity contribution < 1.29 is 4.74 Å². The molecular formula is C12H26N2O. The van der Waals surface area contributed by atoms with Crippen LogP contribution in [0.15, 0.2) is 0 Å². The zero-order valence-corrected chi connectivity index (χ0v) is 10.7. The predicted octanol–water partition coefficient (Wildman–Crippen LogP) is 1.49. The Morgan fingerprint density at radius 1 is 1.40 bits per heavy atom. The highest BCUT2D eigenvalue weighted by molar-refractivity contribution is 4.83. The van der Waals surface area contributed by atoms with E-state index in [0.717, 1.165) is 32.8 Å². The van der Waals surface area contributed by atoms with Gasteiger partial charge in [0.25, 0.3) is 0 Å². The number of hydrogen-bond acceptors (Lipinski definition) is 3. The number of hydrogen-bond donors (Lipinski definition) is 1. The van der Waals surface area contributed by atoms with Crippen LogP contribution in [0, 0.1) is 0 Å². The summed E-state index contributed by atoms with van der Waals surface area (Å²) in [6, 6.07) is 0.660. The van der Waals surface area contributed by atoms with Gasteiger partial charge in [-0.05, 0) is 26.8 Å². The van der Waals surface area contributed by atoms with Crippen molar-refractivity contribution in [1.29, 1.82) is 0 Å². The molecule has 0 amide bonds. The van der Waals surface area contributed by atoms with Crippen molar-refractivity contribution in [2.75, 3.05) is 32.8 Å². The second kappa shape index (κ2) is 5.83. The van der Waals surface area contributed by atoms with Crippen LogP contribution in [0.2, 0.25) is 0 Å². The third-order valence-electron chi connectivity index (χ3n) is 3.07. The summed E-state index contributed by atoms with van der Waals surface area (Å²) in [6.07, 6.45) is 1.21. The third kappa shape index (κ3) is 4.09. The van der Waals surface area contributed by atoms with Crippen LogP contribution in [-0.4, -0.2) is 49.3 Å². The van der Waals surface area contributed by atoms with Crippen LogP contribution < -0.4 is 5.32 Å². The molecule has 1 atom stereocenters. The lowest BCUT2D eigenvalue weighted by Crippen LogP contribution is -2.54. The van der Waals surface area contributed by atoms with Crippen molar-refractivity contribution in [2.24, 2.45) is 0 Å². The van der Waals surface area contributed by atoms with E-state index in [1.807, 2.05) is 0 Å². The Hall–Kier alpha value is -0.120.